The number of rotatable bonds is 5. The molecule has 0 saturated carbocycles. The number of nitrogens with zero attached hydrogens (tertiary/aromatic N) is 2. The molecule has 17 heavy (non-hydrogen) atoms. The Bertz CT molecular complexity index is 392. The summed E-state index contributed by atoms with van der Waals surface area (Å²) in [4.78, 5) is 18.3. The zero-order valence-corrected chi connectivity index (χ0v) is 10.9. The first kappa shape index (κ1) is 12.5. The topological polar surface area (TPSA) is 53.4 Å². The number of aryl methyl sites for hydroxylation is 1. The molecule has 0 aromatic carbocycles. The van der Waals surface area contributed by atoms with Gasteiger partial charge in [0.15, 0.2) is 0 Å². The van der Waals surface area contributed by atoms with Crippen LogP contribution in [0.4, 0.5) is 0 Å². The van der Waals surface area contributed by atoms with Gasteiger partial charge in [0, 0.05) is 24.0 Å². The SMILES string of the molecule is CN1CCC(Cc2ncc(CCC(=O)O)s2)C1. The quantitative estimate of drug-likeness (QED) is 0.868. The Hall–Kier alpha value is -0.940. The minimum absolute atomic E-state index is 0.202. The third kappa shape index (κ3) is 3.78. The summed E-state index contributed by atoms with van der Waals surface area (Å²) in [5.41, 5.74) is 0. The molecule has 4 nitrogen and oxygen atoms in total. The molecular formula is C12H18N2O2S. The number of carboxylic acid groups (broad SMARTS) is 1. The van der Waals surface area contributed by atoms with Gasteiger partial charge in [-0.2, -0.15) is 0 Å². The highest BCUT2D eigenvalue weighted by atomic mass is 32.1. The van der Waals surface area contributed by atoms with Crippen LogP contribution < -0.4 is 0 Å². The van der Waals surface area contributed by atoms with Crippen LogP contribution in [-0.2, 0) is 17.6 Å². The number of likely N-dealkylation sites (tertiary alicyclic amines) is 1. The lowest BCUT2D eigenvalue weighted by Crippen LogP contribution is -2.14. The van der Waals surface area contributed by atoms with Crippen molar-refractivity contribution in [1.29, 1.82) is 0 Å². The molecule has 0 bridgehead atoms. The predicted molar refractivity (Wildman–Crippen MR) is 67.4 cm³/mol. The number of aliphatic carboxylic acids is 1. The minimum atomic E-state index is -0.739. The molecule has 0 spiro atoms. The number of hydrogen-bond donors (Lipinski definition) is 1. The van der Waals surface area contributed by atoms with Crippen LogP contribution in [-0.4, -0.2) is 41.1 Å². The fourth-order valence-corrected chi connectivity index (χ4v) is 3.26. The van der Waals surface area contributed by atoms with E-state index in [0.717, 1.165) is 28.8 Å². The lowest BCUT2D eigenvalue weighted by molar-refractivity contribution is -0.136. The Morgan fingerprint density at radius 2 is 2.53 bits per heavy atom. The molecule has 2 heterocycles. The van der Waals surface area contributed by atoms with Crippen LogP contribution in [0.2, 0.25) is 0 Å². The van der Waals surface area contributed by atoms with Crippen LogP contribution in [0.3, 0.4) is 0 Å². The summed E-state index contributed by atoms with van der Waals surface area (Å²) < 4.78 is 0. The first-order chi connectivity index (χ1) is 8.13. The second kappa shape index (κ2) is 5.60. The van der Waals surface area contributed by atoms with Gasteiger partial charge in [0.05, 0.1) is 11.4 Å². The van der Waals surface area contributed by atoms with Crippen molar-refractivity contribution >= 4 is 17.3 Å². The highest BCUT2D eigenvalue weighted by Crippen LogP contribution is 2.23. The fourth-order valence-electron chi connectivity index (χ4n) is 2.23. The van der Waals surface area contributed by atoms with Gasteiger partial charge in [-0.15, -0.1) is 11.3 Å². The summed E-state index contributed by atoms with van der Waals surface area (Å²) in [5, 5.41) is 9.78. The van der Waals surface area contributed by atoms with Gasteiger partial charge in [-0.3, -0.25) is 4.79 Å². The molecule has 0 radical (unpaired) electrons. The summed E-state index contributed by atoms with van der Waals surface area (Å²) in [6, 6.07) is 0. The smallest absolute Gasteiger partial charge is 0.303 e. The molecule has 1 unspecified atom stereocenters. The Kier molecular flexibility index (Phi) is 4.12. The highest BCUT2D eigenvalue weighted by molar-refractivity contribution is 7.11. The third-order valence-corrected chi connectivity index (χ3v) is 4.22. The molecule has 1 aromatic heterocycles. The van der Waals surface area contributed by atoms with E-state index in [9.17, 15) is 4.79 Å². The summed E-state index contributed by atoms with van der Waals surface area (Å²) in [5.74, 6) is -0.0177. The molecule has 1 N–H and O–H groups in total. The van der Waals surface area contributed by atoms with E-state index < -0.39 is 5.97 Å². The van der Waals surface area contributed by atoms with Crippen LogP contribution in [0.1, 0.15) is 22.7 Å². The molecule has 1 atom stereocenters. The van der Waals surface area contributed by atoms with Gasteiger partial charge in [-0.05, 0) is 32.4 Å². The van der Waals surface area contributed by atoms with E-state index in [0.29, 0.717) is 6.42 Å². The second-order valence-electron chi connectivity index (χ2n) is 4.74. The third-order valence-electron chi connectivity index (χ3n) is 3.14. The molecule has 0 amide bonds. The molecule has 2 rings (SSSR count). The van der Waals surface area contributed by atoms with Crippen molar-refractivity contribution in [2.24, 2.45) is 5.92 Å². The maximum absolute atomic E-state index is 10.5. The molecule has 1 aliphatic rings. The van der Waals surface area contributed by atoms with Crippen molar-refractivity contribution in [1.82, 2.24) is 9.88 Å². The Morgan fingerprint density at radius 3 is 3.18 bits per heavy atom. The molecule has 1 fully saturated rings. The second-order valence-corrected chi connectivity index (χ2v) is 5.93. The van der Waals surface area contributed by atoms with Gasteiger partial charge in [-0.25, -0.2) is 4.98 Å². The molecule has 5 heteroatoms. The number of thiazole rings is 1. The molecule has 1 aliphatic heterocycles. The van der Waals surface area contributed by atoms with Crippen LogP contribution >= 0.6 is 11.3 Å². The van der Waals surface area contributed by atoms with Crippen LogP contribution in [0.15, 0.2) is 6.20 Å². The zero-order chi connectivity index (χ0) is 12.3. The predicted octanol–water partition coefficient (Wildman–Crippen LogP) is 1.65. The standard InChI is InChI=1S/C12H18N2O2S/c1-14-5-4-9(8-14)6-11-13-7-10(17-11)2-3-12(15)16/h7,9H,2-6,8H2,1H3,(H,15,16). The van der Waals surface area contributed by atoms with Gasteiger partial charge in [0.2, 0.25) is 0 Å². The average Bonchev–Trinajstić information content (AvgIpc) is 2.86. The van der Waals surface area contributed by atoms with Gasteiger partial charge >= 0.3 is 5.97 Å². The lowest BCUT2D eigenvalue weighted by atomic mass is 10.1. The first-order valence-corrected chi connectivity index (χ1v) is 6.79. The van der Waals surface area contributed by atoms with Gasteiger partial charge in [-0.1, -0.05) is 0 Å². The van der Waals surface area contributed by atoms with E-state index in [1.807, 2.05) is 6.20 Å². The summed E-state index contributed by atoms with van der Waals surface area (Å²) in [6.07, 6.45) is 4.94. The largest absolute Gasteiger partial charge is 0.481 e. The number of carbonyl (C=O) groups is 1. The normalized spacial score (nSPS) is 20.9. The zero-order valence-electron chi connectivity index (χ0n) is 10.1. The highest BCUT2D eigenvalue weighted by Gasteiger charge is 2.20. The molecule has 0 aliphatic carbocycles. The molecule has 1 saturated heterocycles. The van der Waals surface area contributed by atoms with E-state index in [1.54, 1.807) is 11.3 Å². The maximum Gasteiger partial charge on any atom is 0.303 e. The van der Waals surface area contributed by atoms with Gasteiger partial charge in [0.1, 0.15) is 0 Å². The number of hydrogen-bond acceptors (Lipinski definition) is 4. The fraction of sp³-hybridized carbons (Fsp3) is 0.667. The lowest BCUT2D eigenvalue weighted by Gasteiger charge is -2.07. The molecular weight excluding hydrogens is 236 g/mol. The molecule has 94 valence electrons. The van der Waals surface area contributed by atoms with Crippen molar-refractivity contribution in [3.8, 4) is 0 Å². The summed E-state index contributed by atoms with van der Waals surface area (Å²) in [7, 11) is 2.15. The van der Waals surface area contributed by atoms with E-state index >= 15 is 0 Å². The molecule has 1 aromatic rings. The van der Waals surface area contributed by atoms with Crippen molar-refractivity contribution in [3.63, 3.8) is 0 Å². The van der Waals surface area contributed by atoms with Crippen molar-refractivity contribution < 1.29 is 9.90 Å². The first-order valence-electron chi connectivity index (χ1n) is 5.97. The monoisotopic (exact) mass is 254 g/mol. The Balaban J connectivity index is 1.83. The van der Waals surface area contributed by atoms with Gasteiger partial charge in [0.25, 0.3) is 0 Å². The Morgan fingerprint density at radius 1 is 1.71 bits per heavy atom. The van der Waals surface area contributed by atoms with Crippen molar-refractivity contribution in [3.05, 3.63) is 16.1 Å². The van der Waals surface area contributed by atoms with Crippen LogP contribution in [0.25, 0.3) is 0 Å². The van der Waals surface area contributed by atoms with Crippen molar-refractivity contribution in [2.75, 3.05) is 20.1 Å². The van der Waals surface area contributed by atoms with E-state index in [1.165, 1.54) is 13.0 Å². The Labute approximate surface area is 105 Å². The van der Waals surface area contributed by atoms with Crippen LogP contribution in [0.5, 0.6) is 0 Å². The van der Waals surface area contributed by atoms with E-state index in [-0.39, 0.29) is 6.42 Å². The maximum atomic E-state index is 10.5. The van der Waals surface area contributed by atoms with Gasteiger partial charge < -0.3 is 10.0 Å². The minimum Gasteiger partial charge on any atom is -0.481 e. The van der Waals surface area contributed by atoms with Crippen LogP contribution in [0, 0.1) is 5.92 Å². The van der Waals surface area contributed by atoms with E-state index in [4.69, 9.17) is 5.11 Å². The number of carboxylic acids is 1. The average molecular weight is 254 g/mol. The van der Waals surface area contributed by atoms with E-state index in [2.05, 4.69) is 16.9 Å². The summed E-state index contributed by atoms with van der Waals surface area (Å²) >= 11 is 1.67. The summed E-state index contributed by atoms with van der Waals surface area (Å²) in [6.45, 7) is 2.34. The number of aromatic nitrogens is 1. The van der Waals surface area contributed by atoms with Crippen molar-refractivity contribution in [2.45, 2.75) is 25.7 Å².